The lowest BCUT2D eigenvalue weighted by molar-refractivity contribution is 0.795. The van der Waals surface area contributed by atoms with Crippen LogP contribution in [-0.2, 0) is 6.42 Å². The Balaban J connectivity index is 2.38. The van der Waals surface area contributed by atoms with Gasteiger partial charge in [-0.2, -0.15) is 0 Å². The third-order valence-corrected chi connectivity index (χ3v) is 3.31. The minimum atomic E-state index is 0.892. The molecule has 0 saturated heterocycles. The van der Waals surface area contributed by atoms with Crippen molar-refractivity contribution in [3.05, 3.63) is 40.1 Å². The quantitative estimate of drug-likeness (QED) is 0.800. The van der Waals surface area contributed by atoms with Gasteiger partial charge in [-0.3, -0.25) is 0 Å². The fourth-order valence-electron chi connectivity index (χ4n) is 1.43. The molecule has 2 rings (SSSR count). The van der Waals surface area contributed by atoms with E-state index >= 15 is 0 Å². The highest BCUT2D eigenvalue weighted by molar-refractivity contribution is 9.10. The van der Waals surface area contributed by atoms with Crippen LogP contribution < -0.4 is 0 Å². The van der Waals surface area contributed by atoms with Crippen LogP contribution in [0.15, 0.2) is 28.9 Å². The maximum atomic E-state index is 4.12. The van der Waals surface area contributed by atoms with Gasteiger partial charge in [0, 0.05) is 16.2 Å². The SMILES string of the molecule is Cc1ccc(Br)c(-n2cc(CCBr)nn2)c1. The van der Waals surface area contributed by atoms with E-state index in [1.165, 1.54) is 5.56 Å². The van der Waals surface area contributed by atoms with Crippen LogP contribution in [0.25, 0.3) is 5.69 Å². The van der Waals surface area contributed by atoms with Crippen LogP contribution in [0, 0.1) is 6.92 Å². The Labute approximate surface area is 111 Å². The molecule has 3 nitrogen and oxygen atoms in total. The maximum Gasteiger partial charge on any atom is 0.0840 e. The van der Waals surface area contributed by atoms with Gasteiger partial charge in [-0.05, 0) is 40.5 Å². The second-order valence-electron chi connectivity index (χ2n) is 3.55. The van der Waals surface area contributed by atoms with E-state index in [-0.39, 0.29) is 0 Å². The second kappa shape index (κ2) is 5.10. The molecular weight excluding hydrogens is 334 g/mol. The van der Waals surface area contributed by atoms with Crippen LogP contribution in [0.4, 0.5) is 0 Å². The van der Waals surface area contributed by atoms with Crippen molar-refractivity contribution in [3.8, 4) is 5.69 Å². The first kappa shape index (κ1) is 11.8. The summed E-state index contributed by atoms with van der Waals surface area (Å²) in [7, 11) is 0. The highest BCUT2D eigenvalue weighted by Crippen LogP contribution is 2.21. The van der Waals surface area contributed by atoms with Crippen molar-refractivity contribution in [1.82, 2.24) is 15.0 Å². The zero-order valence-corrected chi connectivity index (χ0v) is 12.0. The van der Waals surface area contributed by atoms with Crippen molar-refractivity contribution in [3.63, 3.8) is 0 Å². The molecule has 0 saturated carbocycles. The minimum Gasteiger partial charge on any atom is -0.219 e. The summed E-state index contributed by atoms with van der Waals surface area (Å²) >= 11 is 6.91. The molecule has 16 heavy (non-hydrogen) atoms. The van der Waals surface area contributed by atoms with E-state index in [1.54, 1.807) is 4.68 Å². The van der Waals surface area contributed by atoms with Gasteiger partial charge in [0.2, 0.25) is 0 Å². The second-order valence-corrected chi connectivity index (χ2v) is 5.20. The van der Waals surface area contributed by atoms with Crippen molar-refractivity contribution < 1.29 is 0 Å². The van der Waals surface area contributed by atoms with Gasteiger partial charge in [0.25, 0.3) is 0 Å². The van der Waals surface area contributed by atoms with Gasteiger partial charge in [0.1, 0.15) is 0 Å². The summed E-state index contributed by atoms with van der Waals surface area (Å²) in [6, 6.07) is 6.16. The van der Waals surface area contributed by atoms with Gasteiger partial charge in [0.05, 0.1) is 17.6 Å². The van der Waals surface area contributed by atoms with Crippen molar-refractivity contribution >= 4 is 31.9 Å². The van der Waals surface area contributed by atoms with Crippen molar-refractivity contribution in [2.24, 2.45) is 0 Å². The molecule has 0 aliphatic heterocycles. The fraction of sp³-hybridized carbons (Fsp3) is 0.273. The number of nitrogens with zero attached hydrogens (tertiary/aromatic N) is 3. The van der Waals surface area contributed by atoms with Crippen molar-refractivity contribution in [1.29, 1.82) is 0 Å². The van der Waals surface area contributed by atoms with Crippen LogP contribution in [0.5, 0.6) is 0 Å². The summed E-state index contributed by atoms with van der Waals surface area (Å²) in [5.41, 5.74) is 3.22. The number of benzene rings is 1. The minimum absolute atomic E-state index is 0.892. The zero-order valence-electron chi connectivity index (χ0n) is 8.82. The number of alkyl halides is 1. The van der Waals surface area contributed by atoms with Gasteiger partial charge >= 0.3 is 0 Å². The third-order valence-electron chi connectivity index (χ3n) is 2.24. The summed E-state index contributed by atoms with van der Waals surface area (Å²) in [6.45, 7) is 2.06. The Morgan fingerprint density at radius 1 is 1.38 bits per heavy atom. The topological polar surface area (TPSA) is 30.7 Å². The molecular formula is C11H11Br2N3. The number of aryl methyl sites for hydroxylation is 2. The first-order valence-electron chi connectivity index (χ1n) is 4.94. The summed E-state index contributed by atoms with van der Waals surface area (Å²) in [6.07, 6.45) is 2.85. The predicted octanol–water partition coefficient (Wildman–Crippen LogP) is 3.28. The molecule has 1 heterocycles. The van der Waals surface area contributed by atoms with E-state index in [0.717, 1.165) is 27.6 Å². The van der Waals surface area contributed by atoms with Crippen LogP contribution in [0.1, 0.15) is 11.3 Å². The van der Waals surface area contributed by atoms with Gasteiger partial charge in [0.15, 0.2) is 0 Å². The Bertz CT molecular complexity index is 494. The highest BCUT2D eigenvalue weighted by Gasteiger charge is 2.06. The average Bonchev–Trinajstić information content (AvgIpc) is 2.71. The van der Waals surface area contributed by atoms with Crippen LogP contribution in [-0.4, -0.2) is 20.3 Å². The van der Waals surface area contributed by atoms with Gasteiger partial charge in [-0.15, -0.1) is 5.10 Å². The molecule has 0 bridgehead atoms. The van der Waals surface area contributed by atoms with E-state index in [0.29, 0.717) is 0 Å². The molecule has 1 aromatic carbocycles. The summed E-state index contributed by atoms with van der Waals surface area (Å²) in [5.74, 6) is 0. The van der Waals surface area contributed by atoms with Crippen molar-refractivity contribution in [2.45, 2.75) is 13.3 Å². The third kappa shape index (κ3) is 2.52. The Morgan fingerprint density at radius 2 is 2.19 bits per heavy atom. The largest absolute Gasteiger partial charge is 0.219 e. The molecule has 0 amide bonds. The number of rotatable bonds is 3. The molecule has 0 unspecified atom stereocenters. The lowest BCUT2D eigenvalue weighted by Crippen LogP contribution is -1.96. The Morgan fingerprint density at radius 3 is 2.94 bits per heavy atom. The molecule has 0 aliphatic carbocycles. The van der Waals surface area contributed by atoms with E-state index in [1.807, 2.05) is 12.3 Å². The van der Waals surface area contributed by atoms with E-state index in [9.17, 15) is 0 Å². The Hall–Kier alpha value is -0.680. The first-order valence-corrected chi connectivity index (χ1v) is 6.86. The zero-order chi connectivity index (χ0) is 11.5. The molecule has 5 heteroatoms. The molecule has 0 atom stereocenters. The molecule has 2 aromatic rings. The Kier molecular flexibility index (Phi) is 3.76. The molecule has 0 N–H and O–H groups in total. The van der Waals surface area contributed by atoms with Crippen LogP contribution in [0.2, 0.25) is 0 Å². The van der Waals surface area contributed by atoms with Crippen LogP contribution in [0.3, 0.4) is 0 Å². The van der Waals surface area contributed by atoms with E-state index in [4.69, 9.17) is 0 Å². The number of halogens is 2. The first-order chi connectivity index (χ1) is 7.70. The fourth-order valence-corrected chi connectivity index (χ4v) is 2.26. The molecule has 0 aliphatic rings. The van der Waals surface area contributed by atoms with Gasteiger partial charge in [-0.25, -0.2) is 4.68 Å². The number of aromatic nitrogens is 3. The molecule has 84 valence electrons. The van der Waals surface area contributed by atoms with Crippen molar-refractivity contribution in [2.75, 3.05) is 5.33 Å². The van der Waals surface area contributed by atoms with Gasteiger partial charge in [-0.1, -0.05) is 27.2 Å². The standard InChI is InChI=1S/C11H11Br2N3/c1-8-2-3-10(13)11(6-8)16-7-9(4-5-12)14-15-16/h2-3,6-7H,4-5H2,1H3. The van der Waals surface area contributed by atoms with Crippen LogP contribution >= 0.6 is 31.9 Å². The summed E-state index contributed by atoms with van der Waals surface area (Å²) in [5, 5.41) is 9.14. The monoisotopic (exact) mass is 343 g/mol. The number of hydrogen-bond acceptors (Lipinski definition) is 2. The summed E-state index contributed by atoms with van der Waals surface area (Å²) < 4.78 is 2.82. The molecule has 0 spiro atoms. The molecule has 0 fully saturated rings. The lowest BCUT2D eigenvalue weighted by Gasteiger charge is -2.04. The predicted molar refractivity (Wildman–Crippen MR) is 71.3 cm³/mol. The molecule has 1 aromatic heterocycles. The van der Waals surface area contributed by atoms with E-state index in [2.05, 4.69) is 61.2 Å². The maximum absolute atomic E-state index is 4.12. The molecule has 0 radical (unpaired) electrons. The lowest BCUT2D eigenvalue weighted by atomic mass is 10.2. The average molecular weight is 345 g/mol. The van der Waals surface area contributed by atoms with E-state index < -0.39 is 0 Å². The smallest absolute Gasteiger partial charge is 0.0840 e. The normalized spacial score (nSPS) is 10.7. The number of hydrogen-bond donors (Lipinski definition) is 0. The van der Waals surface area contributed by atoms with Gasteiger partial charge < -0.3 is 0 Å². The highest BCUT2D eigenvalue weighted by atomic mass is 79.9. The summed E-state index contributed by atoms with van der Waals surface area (Å²) in [4.78, 5) is 0.